The van der Waals surface area contributed by atoms with Gasteiger partial charge in [0.15, 0.2) is 0 Å². The van der Waals surface area contributed by atoms with E-state index >= 15 is 0 Å². The van der Waals surface area contributed by atoms with Gasteiger partial charge in [-0.2, -0.15) is 13.2 Å². The summed E-state index contributed by atoms with van der Waals surface area (Å²) in [5, 5.41) is 0. The van der Waals surface area contributed by atoms with Crippen molar-refractivity contribution in [1.82, 2.24) is 4.90 Å². The summed E-state index contributed by atoms with van der Waals surface area (Å²) in [4.78, 5) is 28.4. The molecule has 0 atom stereocenters. The van der Waals surface area contributed by atoms with Crippen LogP contribution in [0.5, 0.6) is 0 Å². The second-order valence-electron chi connectivity index (χ2n) is 6.07. The molecule has 0 saturated carbocycles. The first kappa shape index (κ1) is 20.0. The van der Waals surface area contributed by atoms with E-state index in [1.165, 1.54) is 12.1 Å². The third kappa shape index (κ3) is 4.46. The molecule has 9 heteroatoms. The Labute approximate surface area is 150 Å². The fourth-order valence-corrected chi connectivity index (χ4v) is 2.74. The Morgan fingerprint density at radius 1 is 1.19 bits per heavy atom. The smallest absolute Gasteiger partial charge is 0.462 e. The van der Waals surface area contributed by atoms with Gasteiger partial charge < -0.3 is 19.4 Å². The van der Waals surface area contributed by atoms with Gasteiger partial charge >= 0.3 is 18.1 Å². The van der Waals surface area contributed by atoms with E-state index in [1.807, 2.05) is 11.9 Å². The average molecular weight is 373 g/mol. The Morgan fingerprint density at radius 2 is 1.81 bits per heavy atom. The minimum Gasteiger partial charge on any atom is -0.462 e. The number of nitrogens with zero attached hydrogens (tertiary/aromatic N) is 3. The third-order valence-corrected chi connectivity index (χ3v) is 4.25. The van der Waals surface area contributed by atoms with Crippen molar-refractivity contribution < 1.29 is 27.5 Å². The molecule has 0 unspecified atom stereocenters. The zero-order valence-electron chi connectivity index (χ0n) is 15.0. The van der Waals surface area contributed by atoms with Crippen LogP contribution in [0.1, 0.15) is 17.3 Å². The number of carbonyl (C=O) groups is 2. The van der Waals surface area contributed by atoms with E-state index in [-0.39, 0.29) is 17.9 Å². The topological polar surface area (TPSA) is 53.1 Å². The fraction of sp³-hybridized carbons (Fsp3) is 0.529. The van der Waals surface area contributed by atoms with Crippen LogP contribution in [0.25, 0.3) is 0 Å². The van der Waals surface area contributed by atoms with Crippen LogP contribution in [0.4, 0.5) is 24.5 Å². The fourth-order valence-electron chi connectivity index (χ4n) is 2.74. The van der Waals surface area contributed by atoms with Crippen LogP contribution in [0.3, 0.4) is 0 Å². The molecule has 1 amide bonds. The number of benzene rings is 1. The first-order valence-corrected chi connectivity index (χ1v) is 8.24. The first-order chi connectivity index (χ1) is 12.1. The molecule has 144 valence electrons. The van der Waals surface area contributed by atoms with Crippen LogP contribution in [0.15, 0.2) is 18.2 Å². The van der Waals surface area contributed by atoms with Gasteiger partial charge in [0, 0.05) is 38.9 Å². The number of esters is 1. The molecule has 1 aliphatic rings. The summed E-state index contributed by atoms with van der Waals surface area (Å²) in [5.41, 5.74) is 0.720. The lowest BCUT2D eigenvalue weighted by Gasteiger charge is -2.35. The molecule has 1 fully saturated rings. The van der Waals surface area contributed by atoms with E-state index in [1.54, 1.807) is 13.0 Å². The molecular formula is C17H22F3N3O3. The van der Waals surface area contributed by atoms with Gasteiger partial charge in [-0.05, 0) is 32.2 Å². The summed E-state index contributed by atoms with van der Waals surface area (Å²) < 4.78 is 43.1. The lowest BCUT2D eigenvalue weighted by molar-refractivity contribution is -0.170. The molecule has 0 spiro atoms. The number of alkyl halides is 3. The first-order valence-electron chi connectivity index (χ1n) is 8.24. The zero-order chi connectivity index (χ0) is 19.5. The number of carbonyl (C=O) groups excluding carboxylic acids is 2. The monoisotopic (exact) mass is 373 g/mol. The molecule has 0 aromatic heterocycles. The van der Waals surface area contributed by atoms with Crippen molar-refractivity contribution in [3.63, 3.8) is 0 Å². The molecule has 1 saturated heterocycles. The lowest BCUT2D eigenvalue weighted by Crippen LogP contribution is -2.45. The van der Waals surface area contributed by atoms with E-state index in [9.17, 15) is 22.8 Å². The largest absolute Gasteiger partial charge is 0.471 e. The Balaban J connectivity index is 2.38. The SMILES string of the molecule is CCOC(=O)c1cc(N(C)C(=O)C(F)(F)F)ccc1N1CCN(C)CC1. The molecule has 0 aliphatic carbocycles. The van der Waals surface area contributed by atoms with Gasteiger partial charge in [-0.1, -0.05) is 0 Å². The summed E-state index contributed by atoms with van der Waals surface area (Å²) in [6, 6.07) is 4.24. The highest BCUT2D eigenvalue weighted by atomic mass is 19.4. The van der Waals surface area contributed by atoms with Crippen molar-refractivity contribution in [2.45, 2.75) is 13.1 Å². The Bertz CT molecular complexity index is 671. The minimum absolute atomic E-state index is 0.0201. The summed E-state index contributed by atoms with van der Waals surface area (Å²) in [6.45, 7) is 4.76. The van der Waals surface area contributed by atoms with Gasteiger partial charge in [0.2, 0.25) is 0 Å². The van der Waals surface area contributed by atoms with Gasteiger partial charge in [-0.15, -0.1) is 0 Å². The highest BCUT2D eigenvalue weighted by molar-refractivity contribution is 6.01. The van der Waals surface area contributed by atoms with Crippen LogP contribution in [-0.4, -0.2) is 69.8 Å². The van der Waals surface area contributed by atoms with Gasteiger partial charge in [-0.25, -0.2) is 4.79 Å². The van der Waals surface area contributed by atoms with Gasteiger partial charge in [-0.3, -0.25) is 4.79 Å². The number of rotatable bonds is 4. The summed E-state index contributed by atoms with van der Waals surface area (Å²) in [7, 11) is 3.01. The summed E-state index contributed by atoms with van der Waals surface area (Å²) in [5.74, 6) is -2.63. The van der Waals surface area contributed by atoms with Gasteiger partial charge in [0.1, 0.15) is 0 Å². The lowest BCUT2D eigenvalue weighted by atomic mass is 10.1. The van der Waals surface area contributed by atoms with E-state index in [0.717, 1.165) is 20.1 Å². The van der Waals surface area contributed by atoms with Crippen LogP contribution in [-0.2, 0) is 9.53 Å². The number of likely N-dealkylation sites (N-methyl/N-ethyl adjacent to an activating group) is 1. The molecule has 0 N–H and O–H groups in total. The van der Waals surface area contributed by atoms with Crippen LogP contribution in [0.2, 0.25) is 0 Å². The molecule has 6 nitrogen and oxygen atoms in total. The number of hydrogen-bond acceptors (Lipinski definition) is 5. The van der Waals surface area contributed by atoms with Crippen LogP contribution >= 0.6 is 0 Å². The quantitative estimate of drug-likeness (QED) is 0.757. The summed E-state index contributed by atoms with van der Waals surface area (Å²) >= 11 is 0. The second kappa shape index (κ2) is 7.94. The second-order valence-corrected chi connectivity index (χ2v) is 6.07. The van der Waals surface area contributed by atoms with E-state index < -0.39 is 18.1 Å². The highest BCUT2D eigenvalue weighted by Crippen LogP contribution is 2.29. The van der Waals surface area contributed by atoms with E-state index in [4.69, 9.17) is 4.74 Å². The van der Waals surface area contributed by atoms with Crippen molar-refractivity contribution in [3.8, 4) is 0 Å². The normalized spacial score (nSPS) is 15.7. The number of amides is 1. The number of ether oxygens (including phenoxy) is 1. The van der Waals surface area contributed by atoms with Crippen LogP contribution < -0.4 is 9.80 Å². The maximum atomic E-state index is 12.7. The third-order valence-electron chi connectivity index (χ3n) is 4.25. The zero-order valence-corrected chi connectivity index (χ0v) is 15.0. The Kier molecular flexibility index (Phi) is 6.12. The average Bonchev–Trinajstić information content (AvgIpc) is 2.60. The summed E-state index contributed by atoms with van der Waals surface area (Å²) in [6.07, 6.45) is -4.99. The Hall–Kier alpha value is -2.29. The Morgan fingerprint density at radius 3 is 2.35 bits per heavy atom. The van der Waals surface area contributed by atoms with Crippen molar-refractivity contribution >= 4 is 23.3 Å². The van der Waals surface area contributed by atoms with Crippen molar-refractivity contribution in [2.75, 3.05) is 56.7 Å². The molecular weight excluding hydrogens is 351 g/mol. The van der Waals surface area contributed by atoms with Gasteiger partial charge in [0.05, 0.1) is 17.9 Å². The molecule has 26 heavy (non-hydrogen) atoms. The predicted molar refractivity (Wildman–Crippen MR) is 91.6 cm³/mol. The van der Waals surface area contributed by atoms with Crippen molar-refractivity contribution in [2.24, 2.45) is 0 Å². The molecule has 0 radical (unpaired) electrons. The number of piperazine rings is 1. The van der Waals surface area contributed by atoms with Gasteiger partial charge in [0.25, 0.3) is 0 Å². The number of hydrogen-bond donors (Lipinski definition) is 0. The maximum Gasteiger partial charge on any atom is 0.471 e. The molecule has 2 rings (SSSR count). The minimum atomic E-state index is -4.99. The maximum absolute atomic E-state index is 12.7. The molecule has 1 heterocycles. The number of anilines is 2. The van der Waals surface area contributed by atoms with Crippen LogP contribution in [0, 0.1) is 0 Å². The highest BCUT2D eigenvalue weighted by Gasteiger charge is 2.42. The molecule has 1 aliphatic heterocycles. The van der Waals surface area contributed by atoms with Crippen molar-refractivity contribution in [3.05, 3.63) is 23.8 Å². The molecule has 1 aromatic carbocycles. The standard InChI is InChI=1S/C17H22F3N3O3/c1-4-26-15(24)13-11-12(22(3)16(25)17(18,19)20)5-6-14(13)23-9-7-21(2)8-10-23/h5-6,11H,4,7-10H2,1-3H3. The molecule has 1 aromatic rings. The van der Waals surface area contributed by atoms with E-state index in [2.05, 4.69) is 4.90 Å². The van der Waals surface area contributed by atoms with E-state index in [0.29, 0.717) is 23.7 Å². The molecule has 0 bridgehead atoms. The number of halogens is 3. The van der Waals surface area contributed by atoms with Crippen molar-refractivity contribution in [1.29, 1.82) is 0 Å². The predicted octanol–water partition coefficient (Wildman–Crippen LogP) is 2.14.